The molecule has 2 heterocycles. The van der Waals surface area contributed by atoms with Crippen molar-refractivity contribution in [1.82, 2.24) is 4.90 Å². The first-order valence-electron chi connectivity index (χ1n) is 7.28. The van der Waals surface area contributed by atoms with Crippen LogP contribution in [0.3, 0.4) is 0 Å². The number of furan rings is 1. The summed E-state index contributed by atoms with van der Waals surface area (Å²) in [5, 5.41) is 0. The topological polar surface area (TPSA) is 42.7 Å². The van der Waals surface area contributed by atoms with Crippen molar-refractivity contribution >= 4 is 17.7 Å². The molecule has 1 aromatic heterocycles. The third-order valence-electron chi connectivity index (χ3n) is 3.89. The van der Waals surface area contributed by atoms with E-state index >= 15 is 0 Å². The first-order chi connectivity index (χ1) is 10.7. The molecule has 0 saturated carbocycles. The van der Waals surface area contributed by atoms with Gasteiger partial charge in [-0.15, -0.1) is 11.8 Å². The Balaban J connectivity index is 1.80. The van der Waals surface area contributed by atoms with E-state index in [1.165, 1.54) is 0 Å². The summed E-state index contributed by atoms with van der Waals surface area (Å²) in [4.78, 5) is 15.8. The first kappa shape index (κ1) is 15.2. The summed E-state index contributed by atoms with van der Waals surface area (Å²) in [6.07, 6.45) is 3.46. The maximum absolute atomic E-state index is 12.8. The van der Waals surface area contributed by atoms with Crippen LogP contribution in [0.15, 0.2) is 45.9 Å². The summed E-state index contributed by atoms with van der Waals surface area (Å²) in [5.74, 6) is 0.834. The number of aryl methyl sites for hydroxylation is 1. The number of carbonyl (C=O) groups is 1. The summed E-state index contributed by atoms with van der Waals surface area (Å²) >= 11 is 1.64. The zero-order chi connectivity index (χ0) is 15.5. The van der Waals surface area contributed by atoms with E-state index in [1.807, 2.05) is 48.4 Å². The number of benzene rings is 1. The third-order valence-corrected chi connectivity index (χ3v) is 4.61. The van der Waals surface area contributed by atoms with Crippen molar-refractivity contribution in [3.05, 3.63) is 53.5 Å². The molecule has 0 unspecified atom stereocenters. The minimum absolute atomic E-state index is 0.0632. The van der Waals surface area contributed by atoms with Gasteiger partial charge in [-0.2, -0.15) is 0 Å². The van der Waals surface area contributed by atoms with Crippen LogP contribution in [0.1, 0.15) is 27.8 Å². The van der Waals surface area contributed by atoms with Gasteiger partial charge in [0.2, 0.25) is 0 Å². The lowest BCUT2D eigenvalue weighted by Crippen LogP contribution is -2.42. The highest BCUT2D eigenvalue weighted by Crippen LogP contribution is 2.25. The molecule has 1 aromatic carbocycles. The number of rotatable bonds is 3. The molecule has 3 rings (SSSR count). The van der Waals surface area contributed by atoms with Gasteiger partial charge in [-0.25, -0.2) is 0 Å². The van der Waals surface area contributed by atoms with Crippen molar-refractivity contribution in [1.29, 1.82) is 0 Å². The fraction of sp³-hybridized carbons (Fsp3) is 0.353. The number of carbonyl (C=O) groups excluding carboxylic acids is 1. The van der Waals surface area contributed by atoms with Gasteiger partial charge in [0.05, 0.1) is 19.4 Å². The van der Waals surface area contributed by atoms with Crippen LogP contribution in [-0.2, 0) is 4.74 Å². The molecule has 1 amide bonds. The molecule has 1 atom stereocenters. The van der Waals surface area contributed by atoms with Gasteiger partial charge in [0, 0.05) is 17.0 Å². The maximum atomic E-state index is 12.8. The molecule has 4 nitrogen and oxygen atoms in total. The van der Waals surface area contributed by atoms with Gasteiger partial charge in [0.15, 0.2) is 0 Å². The third kappa shape index (κ3) is 3.05. The molecule has 116 valence electrons. The molecule has 5 heteroatoms. The van der Waals surface area contributed by atoms with Crippen LogP contribution < -0.4 is 0 Å². The molecule has 1 aliphatic heterocycles. The molecule has 1 aliphatic rings. The number of nitrogens with zero attached hydrogens (tertiary/aromatic N) is 1. The fourth-order valence-corrected chi connectivity index (χ4v) is 3.05. The van der Waals surface area contributed by atoms with Crippen LogP contribution in [0.2, 0.25) is 0 Å². The lowest BCUT2D eigenvalue weighted by molar-refractivity contribution is -0.0321. The molecule has 0 radical (unpaired) electrons. The van der Waals surface area contributed by atoms with E-state index in [0.29, 0.717) is 19.7 Å². The SMILES string of the molecule is CSc1ccc(C)c(C(=O)N2CCO[C@@H](c3ccco3)C2)c1. The second-order valence-electron chi connectivity index (χ2n) is 5.31. The van der Waals surface area contributed by atoms with Crippen LogP contribution in [0.25, 0.3) is 0 Å². The second-order valence-corrected chi connectivity index (χ2v) is 6.19. The van der Waals surface area contributed by atoms with Crippen molar-refractivity contribution in [2.45, 2.75) is 17.9 Å². The second kappa shape index (κ2) is 6.58. The van der Waals surface area contributed by atoms with Gasteiger partial charge in [0.1, 0.15) is 11.9 Å². The Hall–Kier alpha value is -1.72. The van der Waals surface area contributed by atoms with Gasteiger partial charge in [-0.05, 0) is 43.0 Å². The monoisotopic (exact) mass is 317 g/mol. The van der Waals surface area contributed by atoms with Gasteiger partial charge in [0.25, 0.3) is 5.91 Å². The lowest BCUT2D eigenvalue weighted by atomic mass is 10.1. The molecule has 0 aliphatic carbocycles. The van der Waals surface area contributed by atoms with E-state index in [-0.39, 0.29) is 12.0 Å². The van der Waals surface area contributed by atoms with E-state index in [9.17, 15) is 4.79 Å². The van der Waals surface area contributed by atoms with Crippen LogP contribution >= 0.6 is 11.8 Å². The molecule has 22 heavy (non-hydrogen) atoms. The van der Waals surface area contributed by atoms with Crippen molar-refractivity contribution < 1.29 is 13.9 Å². The standard InChI is InChI=1S/C17H19NO3S/c1-12-5-6-13(22-2)10-14(12)17(19)18-7-9-21-16(11-18)15-4-3-8-20-15/h3-6,8,10,16H,7,9,11H2,1-2H3/t16-/m1/s1. The Morgan fingerprint density at radius 3 is 2.95 bits per heavy atom. The summed E-state index contributed by atoms with van der Waals surface area (Å²) < 4.78 is 11.1. The quantitative estimate of drug-likeness (QED) is 0.812. The molecular weight excluding hydrogens is 298 g/mol. The van der Waals surface area contributed by atoms with E-state index in [1.54, 1.807) is 18.0 Å². The van der Waals surface area contributed by atoms with Crippen molar-refractivity contribution in [3.8, 4) is 0 Å². The average molecular weight is 317 g/mol. The number of hydrogen-bond acceptors (Lipinski definition) is 4. The summed E-state index contributed by atoms with van der Waals surface area (Å²) in [7, 11) is 0. The Morgan fingerprint density at radius 2 is 2.23 bits per heavy atom. The van der Waals surface area contributed by atoms with Crippen molar-refractivity contribution in [3.63, 3.8) is 0 Å². The Bertz CT molecular complexity index is 654. The molecule has 1 fully saturated rings. The summed E-state index contributed by atoms with van der Waals surface area (Å²) in [5.41, 5.74) is 1.77. The summed E-state index contributed by atoms with van der Waals surface area (Å²) in [6.45, 7) is 3.63. The predicted octanol–water partition coefficient (Wildman–Crippen LogP) is 3.52. The number of thioether (sulfide) groups is 1. The van der Waals surface area contributed by atoms with Crippen LogP contribution in [0.5, 0.6) is 0 Å². The van der Waals surface area contributed by atoms with Gasteiger partial charge >= 0.3 is 0 Å². The Morgan fingerprint density at radius 1 is 1.36 bits per heavy atom. The first-order valence-corrected chi connectivity index (χ1v) is 8.50. The minimum atomic E-state index is -0.184. The number of ether oxygens (including phenoxy) is 1. The predicted molar refractivity (Wildman–Crippen MR) is 86.3 cm³/mol. The minimum Gasteiger partial charge on any atom is -0.467 e. The molecule has 1 saturated heterocycles. The number of hydrogen-bond donors (Lipinski definition) is 0. The largest absolute Gasteiger partial charge is 0.467 e. The van der Waals surface area contributed by atoms with Crippen LogP contribution in [0.4, 0.5) is 0 Å². The van der Waals surface area contributed by atoms with E-state index in [2.05, 4.69) is 0 Å². The van der Waals surface area contributed by atoms with E-state index in [0.717, 1.165) is 21.8 Å². The van der Waals surface area contributed by atoms with Crippen molar-refractivity contribution in [2.75, 3.05) is 26.0 Å². The summed E-state index contributed by atoms with van der Waals surface area (Å²) in [6, 6.07) is 9.74. The highest BCUT2D eigenvalue weighted by molar-refractivity contribution is 7.98. The van der Waals surface area contributed by atoms with Gasteiger partial charge < -0.3 is 14.1 Å². The molecule has 0 bridgehead atoms. The highest BCUT2D eigenvalue weighted by atomic mass is 32.2. The van der Waals surface area contributed by atoms with E-state index in [4.69, 9.17) is 9.15 Å². The van der Waals surface area contributed by atoms with Crippen LogP contribution in [-0.4, -0.2) is 36.8 Å². The zero-order valence-corrected chi connectivity index (χ0v) is 13.6. The highest BCUT2D eigenvalue weighted by Gasteiger charge is 2.28. The molecule has 0 spiro atoms. The normalized spacial score (nSPS) is 18.5. The van der Waals surface area contributed by atoms with Crippen molar-refractivity contribution in [2.24, 2.45) is 0 Å². The fourth-order valence-electron chi connectivity index (χ4n) is 2.61. The molecular formula is C17H19NO3S. The average Bonchev–Trinajstić information content (AvgIpc) is 3.09. The van der Waals surface area contributed by atoms with Gasteiger partial charge in [-0.3, -0.25) is 4.79 Å². The van der Waals surface area contributed by atoms with Crippen LogP contribution in [0, 0.1) is 6.92 Å². The zero-order valence-electron chi connectivity index (χ0n) is 12.7. The smallest absolute Gasteiger partial charge is 0.254 e. The molecule has 0 N–H and O–H groups in total. The number of amides is 1. The molecule has 2 aromatic rings. The Labute approximate surface area is 134 Å². The van der Waals surface area contributed by atoms with Gasteiger partial charge in [-0.1, -0.05) is 6.07 Å². The lowest BCUT2D eigenvalue weighted by Gasteiger charge is -2.32. The Kier molecular flexibility index (Phi) is 4.55. The number of morpholine rings is 1. The maximum Gasteiger partial charge on any atom is 0.254 e. The van der Waals surface area contributed by atoms with E-state index < -0.39 is 0 Å².